The third-order valence-corrected chi connectivity index (χ3v) is 5.24. The van der Waals surface area contributed by atoms with Crippen molar-refractivity contribution < 1.29 is 5.11 Å². The van der Waals surface area contributed by atoms with Crippen molar-refractivity contribution in [3.05, 3.63) is 29.3 Å². The highest BCUT2D eigenvalue weighted by molar-refractivity contribution is 5.42. The molecule has 0 radical (unpaired) electrons. The Morgan fingerprint density at radius 2 is 2.00 bits per heavy atom. The van der Waals surface area contributed by atoms with Crippen LogP contribution in [0.5, 0.6) is 5.75 Å². The van der Waals surface area contributed by atoms with Crippen molar-refractivity contribution in [2.75, 3.05) is 13.1 Å². The molecule has 0 amide bonds. The van der Waals surface area contributed by atoms with Crippen LogP contribution in [0, 0.1) is 5.92 Å². The minimum Gasteiger partial charge on any atom is -0.508 e. The van der Waals surface area contributed by atoms with Crippen molar-refractivity contribution in [2.45, 2.75) is 57.9 Å². The van der Waals surface area contributed by atoms with Gasteiger partial charge in [-0.25, -0.2) is 0 Å². The first-order valence-electron chi connectivity index (χ1n) is 8.34. The molecule has 1 aromatic carbocycles. The molecular formula is C18H27NO. The van der Waals surface area contributed by atoms with Crippen LogP contribution in [-0.4, -0.2) is 23.1 Å². The van der Waals surface area contributed by atoms with E-state index in [0.717, 1.165) is 12.3 Å². The second-order valence-corrected chi connectivity index (χ2v) is 6.52. The first-order chi connectivity index (χ1) is 9.79. The molecule has 0 spiro atoms. The Bertz CT molecular complexity index is 449. The number of hydrogen-bond acceptors (Lipinski definition) is 2. The van der Waals surface area contributed by atoms with E-state index in [-0.39, 0.29) is 0 Å². The molecule has 1 heterocycles. The molecule has 2 nitrogen and oxygen atoms in total. The number of rotatable bonds is 3. The molecule has 3 rings (SSSR count). The summed E-state index contributed by atoms with van der Waals surface area (Å²) in [7, 11) is 0. The van der Waals surface area contributed by atoms with Gasteiger partial charge in [0.2, 0.25) is 0 Å². The maximum Gasteiger partial charge on any atom is 0.119 e. The van der Waals surface area contributed by atoms with E-state index < -0.39 is 0 Å². The zero-order valence-corrected chi connectivity index (χ0v) is 12.6. The number of aromatic hydroxyl groups is 1. The van der Waals surface area contributed by atoms with Crippen LogP contribution in [0.4, 0.5) is 0 Å². The fourth-order valence-corrected chi connectivity index (χ4v) is 4.15. The summed E-state index contributed by atoms with van der Waals surface area (Å²) in [5, 5.41) is 10.1. The molecule has 0 saturated carbocycles. The lowest BCUT2D eigenvalue weighted by atomic mass is 9.84. The summed E-state index contributed by atoms with van der Waals surface area (Å²) in [6.07, 6.45) is 8.96. The number of nitrogens with zero attached hydrogens (tertiary/aromatic N) is 1. The molecule has 1 fully saturated rings. The Hall–Kier alpha value is -1.02. The third-order valence-electron chi connectivity index (χ3n) is 5.24. The van der Waals surface area contributed by atoms with Gasteiger partial charge in [0.05, 0.1) is 0 Å². The van der Waals surface area contributed by atoms with Crippen LogP contribution in [0.2, 0.25) is 0 Å². The van der Waals surface area contributed by atoms with Crippen LogP contribution >= 0.6 is 0 Å². The summed E-state index contributed by atoms with van der Waals surface area (Å²) >= 11 is 0. The second-order valence-electron chi connectivity index (χ2n) is 6.52. The number of piperidine rings is 1. The number of hydrogen-bond donors (Lipinski definition) is 1. The SMILES string of the molecule is CCCC1CCN(C2CCCc3c(O)cccc32)CC1. The van der Waals surface area contributed by atoms with Gasteiger partial charge in [-0.1, -0.05) is 31.9 Å². The van der Waals surface area contributed by atoms with E-state index in [1.807, 2.05) is 12.1 Å². The monoisotopic (exact) mass is 273 g/mol. The second kappa shape index (κ2) is 6.17. The highest BCUT2D eigenvalue weighted by Crippen LogP contribution is 2.39. The summed E-state index contributed by atoms with van der Waals surface area (Å²) in [4.78, 5) is 2.67. The average molecular weight is 273 g/mol. The smallest absolute Gasteiger partial charge is 0.119 e. The van der Waals surface area contributed by atoms with Crippen molar-refractivity contribution >= 4 is 0 Å². The highest BCUT2D eigenvalue weighted by Gasteiger charge is 2.29. The number of fused-ring (bicyclic) bond motifs is 1. The van der Waals surface area contributed by atoms with Gasteiger partial charge < -0.3 is 5.11 Å². The van der Waals surface area contributed by atoms with Crippen LogP contribution in [0.15, 0.2) is 18.2 Å². The third kappa shape index (κ3) is 2.71. The van der Waals surface area contributed by atoms with Gasteiger partial charge in [-0.05, 0) is 68.3 Å². The maximum absolute atomic E-state index is 10.1. The summed E-state index contributed by atoms with van der Waals surface area (Å²) < 4.78 is 0. The largest absolute Gasteiger partial charge is 0.508 e. The van der Waals surface area contributed by atoms with E-state index in [9.17, 15) is 5.11 Å². The molecule has 0 bridgehead atoms. The average Bonchev–Trinajstić information content (AvgIpc) is 2.48. The summed E-state index contributed by atoms with van der Waals surface area (Å²) in [5.74, 6) is 1.46. The Kier molecular flexibility index (Phi) is 4.30. The van der Waals surface area contributed by atoms with Crippen LogP contribution in [-0.2, 0) is 6.42 Å². The molecule has 20 heavy (non-hydrogen) atoms. The molecule has 110 valence electrons. The van der Waals surface area contributed by atoms with E-state index in [2.05, 4.69) is 17.9 Å². The van der Waals surface area contributed by atoms with E-state index in [1.165, 1.54) is 62.7 Å². The minimum atomic E-state index is 0.507. The molecular weight excluding hydrogens is 246 g/mol. The van der Waals surface area contributed by atoms with Crippen molar-refractivity contribution in [1.82, 2.24) is 4.90 Å². The number of phenols is 1. The van der Waals surface area contributed by atoms with Gasteiger partial charge in [0.15, 0.2) is 0 Å². The van der Waals surface area contributed by atoms with Crippen LogP contribution < -0.4 is 0 Å². The van der Waals surface area contributed by atoms with Gasteiger partial charge in [0, 0.05) is 6.04 Å². The lowest BCUT2D eigenvalue weighted by Gasteiger charge is -2.40. The summed E-state index contributed by atoms with van der Waals surface area (Å²) in [5.41, 5.74) is 2.60. The zero-order valence-electron chi connectivity index (χ0n) is 12.6. The molecule has 1 aliphatic carbocycles. The first kappa shape index (κ1) is 13.9. The van der Waals surface area contributed by atoms with Gasteiger partial charge in [0.25, 0.3) is 0 Å². The fourth-order valence-electron chi connectivity index (χ4n) is 4.15. The lowest BCUT2D eigenvalue weighted by Crippen LogP contribution is -2.38. The van der Waals surface area contributed by atoms with E-state index in [1.54, 1.807) is 0 Å². The van der Waals surface area contributed by atoms with Crippen LogP contribution in [0.25, 0.3) is 0 Å². The van der Waals surface area contributed by atoms with Crippen molar-refractivity contribution in [1.29, 1.82) is 0 Å². The van der Waals surface area contributed by atoms with E-state index >= 15 is 0 Å². The Morgan fingerprint density at radius 3 is 2.75 bits per heavy atom. The standard InChI is InChI=1S/C18H27NO/c1-2-5-14-10-12-19(13-11-14)17-8-3-7-16-15(17)6-4-9-18(16)20/h4,6,9,14,17,20H,2-3,5,7-8,10-13H2,1H3. The van der Waals surface area contributed by atoms with Crippen molar-refractivity contribution in [3.8, 4) is 5.75 Å². The van der Waals surface area contributed by atoms with Crippen molar-refractivity contribution in [3.63, 3.8) is 0 Å². The van der Waals surface area contributed by atoms with Crippen molar-refractivity contribution in [2.24, 2.45) is 5.92 Å². The topological polar surface area (TPSA) is 23.5 Å². The predicted molar refractivity (Wildman–Crippen MR) is 83.0 cm³/mol. The molecule has 1 aliphatic heterocycles. The minimum absolute atomic E-state index is 0.507. The van der Waals surface area contributed by atoms with Gasteiger partial charge in [0.1, 0.15) is 5.75 Å². The molecule has 1 N–H and O–H groups in total. The highest BCUT2D eigenvalue weighted by atomic mass is 16.3. The number of likely N-dealkylation sites (tertiary alicyclic amines) is 1. The molecule has 2 heteroatoms. The van der Waals surface area contributed by atoms with Gasteiger partial charge in [-0.2, -0.15) is 0 Å². The number of benzene rings is 1. The van der Waals surface area contributed by atoms with Crippen LogP contribution in [0.3, 0.4) is 0 Å². The van der Waals surface area contributed by atoms with Gasteiger partial charge >= 0.3 is 0 Å². The first-order valence-corrected chi connectivity index (χ1v) is 8.34. The van der Waals surface area contributed by atoms with E-state index in [4.69, 9.17) is 0 Å². The number of phenolic OH excluding ortho intramolecular Hbond substituents is 1. The quantitative estimate of drug-likeness (QED) is 0.888. The predicted octanol–water partition coefficient (Wildman–Crippen LogP) is 4.28. The molecule has 1 unspecified atom stereocenters. The Morgan fingerprint density at radius 1 is 1.20 bits per heavy atom. The van der Waals surface area contributed by atoms with Crippen LogP contribution in [0.1, 0.15) is 62.6 Å². The summed E-state index contributed by atoms with van der Waals surface area (Å²) in [6.45, 7) is 4.78. The van der Waals surface area contributed by atoms with Gasteiger partial charge in [-0.15, -0.1) is 0 Å². The fraction of sp³-hybridized carbons (Fsp3) is 0.667. The molecule has 0 aromatic heterocycles. The normalized spacial score (nSPS) is 24.6. The lowest BCUT2D eigenvalue weighted by molar-refractivity contribution is 0.117. The Labute approximate surface area is 122 Å². The maximum atomic E-state index is 10.1. The molecule has 1 saturated heterocycles. The molecule has 2 aliphatic rings. The van der Waals surface area contributed by atoms with E-state index in [0.29, 0.717) is 11.8 Å². The molecule has 1 aromatic rings. The zero-order chi connectivity index (χ0) is 13.9. The molecule has 1 atom stereocenters. The van der Waals surface area contributed by atoms with Gasteiger partial charge in [-0.3, -0.25) is 4.90 Å². The Balaban J connectivity index is 1.72. The summed E-state index contributed by atoms with van der Waals surface area (Å²) in [6, 6.07) is 6.63.